The Kier molecular flexibility index (Phi) is 5.04. The summed E-state index contributed by atoms with van der Waals surface area (Å²) >= 11 is 0. The fourth-order valence-electron chi connectivity index (χ4n) is 3.29. The fourth-order valence-corrected chi connectivity index (χ4v) is 3.29. The Labute approximate surface area is 122 Å². The summed E-state index contributed by atoms with van der Waals surface area (Å²) in [5, 5.41) is 3.51. The number of likely N-dealkylation sites (N-methyl/N-ethyl adjacent to an activating group) is 1. The van der Waals surface area contributed by atoms with E-state index in [0.717, 1.165) is 38.9 Å². The van der Waals surface area contributed by atoms with Gasteiger partial charge in [0.05, 0.1) is 13.2 Å². The van der Waals surface area contributed by atoms with Crippen molar-refractivity contribution in [2.24, 2.45) is 0 Å². The van der Waals surface area contributed by atoms with Gasteiger partial charge in [-0.05, 0) is 32.4 Å². The van der Waals surface area contributed by atoms with Crippen molar-refractivity contribution in [1.82, 2.24) is 5.32 Å². The van der Waals surface area contributed by atoms with E-state index < -0.39 is 0 Å². The predicted molar refractivity (Wildman–Crippen MR) is 81.2 cm³/mol. The zero-order chi connectivity index (χ0) is 14.5. The maximum Gasteiger partial charge on any atom is 0.168 e. The number of allylic oxidation sites excluding steroid dienone is 3. The Morgan fingerprint density at radius 3 is 2.40 bits per heavy atom. The van der Waals surface area contributed by atoms with E-state index in [4.69, 9.17) is 15.9 Å². The summed E-state index contributed by atoms with van der Waals surface area (Å²) in [6, 6.07) is 0. The zero-order valence-corrected chi connectivity index (χ0v) is 12.6. The summed E-state index contributed by atoms with van der Waals surface area (Å²) in [7, 11) is 2.02. The van der Waals surface area contributed by atoms with Crippen molar-refractivity contribution in [3.8, 4) is 12.3 Å². The molecular weight excluding hydrogens is 250 g/mol. The zero-order valence-electron chi connectivity index (χ0n) is 12.6. The van der Waals surface area contributed by atoms with Crippen LogP contribution in [-0.4, -0.2) is 31.6 Å². The molecule has 3 nitrogen and oxygen atoms in total. The van der Waals surface area contributed by atoms with Crippen LogP contribution in [0, 0.1) is 12.3 Å². The van der Waals surface area contributed by atoms with Crippen molar-refractivity contribution in [3.63, 3.8) is 0 Å². The van der Waals surface area contributed by atoms with E-state index in [1.54, 1.807) is 0 Å². The molecule has 1 aliphatic carbocycles. The molecule has 0 atom stereocenters. The van der Waals surface area contributed by atoms with Crippen LogP contribution in [0.15, 0.2) is 23.8 Å². The minimum Gasteiger partial charge on any atom is -0.348 e. The lowest BCUT2D eigenvalue weighted by molar-refractivity contribution is -0.184. The van der Waals surface area contributed by atoms with Gasteiger partial charge >= 0.3 is 0 Å². The molecule has 0 aromatic carbocycles. The van der Waals surface area contributed by atoms with E-state index >= 15 is 0 Å². The molecular formula is C17H25NO2. The molecule has 1 saturated carbocycles. The minimum absolute atomic E-state index is 0.0214. The van der Waals surface area contributed by atoms with Gasteiger partial charge in [0, 0.05) is 24.8 Å². The van der Waals surface area contributed by atoms with E-state index in [1.165, 1.54) is 5.57 Å². The van der Waals surface area contributed by atoms with Gasteiger partial charge in [-0.15, -0.1) is 12.3 Å². The van der Waals surface area contributed by atoms with Crippen LogP contribution in [0.5, 0.6) is 0 Å². The van der Waals surface area contributed by atoms with Crippen LogP contribution in [0.25, 0.3) is 0 Å². The third kappa shape index (κ3) is 2.98. The van der Waals surface area contributed by atoms with E-state index in [9.17, 15) is 0 Å². The normalized spacial score (nSPS) is 25.1. The molecule has 1 N–H and O–H groups in total. The number of terminal acetylenes is 1. The second-order valence-electron chi connectivity index (χ2n) is 5.54. The van der Waals surface area contributed by atoms with Gasteiger partial charge in [-0.1, -0.05) is 18.2 Å². The average Bonchev–Trinajstić information content (AvgIpc) is 2.94. The lowest BCUT2D eigenvalue weighted by atomic mass is 9.73. The average molecular weight is 275 g/mol. The van der Waals surface area contributed by atoms with Crippen molar-refractivity contribution in [1.29, 1.82) is 0 Å². The number of nitrogens with one attached hydrogen (secondary N) is 1. The van der Waals surface area contributed by atoms with Gasteiger partial charge in [0.1, 0.15) is 0 Å². The molecule has 2 aliphatic rings. The van der Waals surface area contributed by atoms with E-state index in [-0.39, 0.29) is 11.3 Å². The molecule has 1 spiro atoms. The second kappa shape index (κ2) is 6.58. The molecule has 3 heteroatoms. The van der Waals surface area contributed by atoms with Crippen LogP contribution in [0.3, 0.4) is 0 Å². The minimum atomic E-state index is -0.331. The van der Waals surface area contributed by atoms with Gasteiger partial charge in [-0.2, -0.15) is 0 Å². The monoisotopic (exact) mass is 275 g/mol. The third-order valence-corrected chi connectivity index (χ3v) is 4.55. The van der Waals surface area contributed by atoms with E-state index in [2.05, 4.69) is 23.4 Å². The van der Waals surface area contributed by atoms with Gasteiger partial charge in [0.25, 0.3) is 0 Å². The molecule has 0 radical (unpaired) electrons. The Bertz CT molecular complexity index is 415. The van der Waals surface area contributed by atoms with Crippen LogP contribution in [0.1, 0.15) is 39.0 Å². The van der Waals surface area contributed by atoms with Crippen molar-refractivity contribution < 1.29 is 9.47 Å². The molecule has 0 bridgehead atoms. The first-order chi connectivity index (χ1) is 9.70. The molecule has 0 amide bonds. The molecule has 1 aliphatic heterocycles. The summed E-state index contributed by atoms with van der Waals surface area (Å²) < 4.78 is 11.6. The highest BCUT2D eigenvalue weighted by atomic mass is 16.7. The van der Waals surface area contributed by atoms with Crippen LogP contribution in [-0.2, 0) is 9.47 Å². The largest absolute Gasteiger partial charge is 0.348 e. The molecule has 1 saturated heterocycles. The molecule has 2 fully saturated rings. The Morgan fingerprint density at radius 1 is 1.25 bits per heavy atom. The molecule has 0 aromatic rings. The van der Waals surface area contributed by atoms with E-state index in [1.807, 2.05) is 20.0 Å². The maximum atomic E-state index is 5.82. The first kappa shape index (κ1) is 15.3. The summed E-state index contributed by atoms with van der Waals surface area (Å²) in [4.78, 5) is 0. The number of hydrogen-bond donors (Lipinski definition) is 1. The van der Waals surface area contributed by atoms with Gasteiger partial charge < -0.3 is 14.8 Å². The van der Waals surface area contributed by atoms with Crippen LogP contribution < -0.4 is 5.32 Å². The summed E-state index contributed by atoms with van der Waals surface area (Å²) in [6.07, 6.45) is 16.3. The molecule has 1 heterocycles. The summed E-state index contributed by atoms with van der Waals surface area (Å²) in [5.41, 5.74) is 1.26. The summed E-state index contributed by atoms with van der Waals surface area (Å²) in [6.45, 7) is 3.46. The van der Waals surface area contributed by atoms with Crippen LogP contribution in [0.4, 0.5) is 0 Å². The molecule has 0 unspecified atom stereocenters. The van der Waals surface area contributed by atoms with E-state index in [0.29, 0.717) is 6.42 Å². The highest BCUT2D eigenvalue weighted by molar-refractivity contribution is 5.29. The fraction of sp³-hybridized carbons (Fsp3) is 0.647. The Balaban J connectivity index is 2.15. The highest BCUT2D eigenvalue weighted by Crippen LogP contribution is 2.43. The SMILES string of the molecule is C#CC/C(=C\C=C/C)C1(NC)CCC2(CC1)OCCO2. The first-order valence-electron chi connectivity index (χ1n) is 7.43. The molecule has 110 valence electrons. The maximum absolute atomic E-state index is 5.82. The predicted octanol–water partition coefficient (Wildman–Crippen LogP) is 2.79. The van der Waals surface area contributed by atoms with Gasteiger partial charge in [-0.25, -0.2) is 0 Å². The standard InChI is InChI=1S/C17H25NO2/c1-4-6-8-15(7-5-2)16(18-3)9-11-17(12-10-16)19-13-14-20-17/h2,4,6,8,18H,7,9-14H2,1,3H3/b6-4-,15-8+. The summed E-state index contributed by atoms with van der Waals surface area (Å²) in [5.74, 6) is 2.46. The lowest BCUT2D eigenvalue weighted by Gasteiger charge is -2.45. The molecule has 20 heavy (non-hydrogen) atoms. The number of hydrogen-bond acceptors (Lipinski definition) is 3. The van der Waals surface area contributed by atoms with Gasteiger partial charge in [-0.3, -0.25) is 0 Å². The topological polar surface area (TPSA) is 30.5 Å². The number of rotatable bonds is 4. The van der Waals surface area contributed by atoms with Gasteiger partial charge in [0.2, 0.25) is 0 Å². The Hall–Kier alpha value is -1.08. The quantitative estimate of drug-likeness (QED) is 0.632. The Morgan fingerprint density at radius 2 is 1.90 bits per heavy atom. The smallest absolute Gasteiger partial charge is 0.168 e. The first-order valence-corrected chi connectivity index (χ1v) is 7.43. The molecule has 0 aromatic heterocycles. The second-order valence-corrected chi connectivity index (χ2v) is 5.54. The third-order valence-electron chi connectivity index (χ3n) is 4.55. The van der Waals surface area contributed by atoms with Crippen LogP contribution in [0.2, 0.25) is 0 Å². The van der Waals surface area contributed by atoms with Crippen molar-refractivity contribution in [2.75, 3.05) is 20.3 Å². The van der Waals surface area contributed by atoms with Crippen molar-refractivity contribution in [2.45, 2.75) is 50.4 Å². The number of ether oxygens (including phenoxy) is 2. The lowest BCUT2D eigenvalue weighted by Crippen LogP contribution is -2.52. The van der Waals surface area contributed by atoms with Crippen LogP contribution >= 0.6 is 0 Å². The van der Waals surface area contributed by atoms with Gasteiger partial charge in [0.15, 0.2) is 5.79 Å². The van der Waals surface area contributed by atoms with Crippen molar-refractivity contribution >= 4 is 0 Å². The highest BCUT2D eigenvalue weighted by Gasteiger charge is 2.46. The van der Waals surface area contributed by atoms with Crippen molar-refractivity contribution in [3.05, 3.63) is 23.8 Å². The molecule has 2 rings (SSSR count).